The van der Waals surface area contributed by atoms with Crippen LogP contribution >= 0.6 is 0 Å². The molecule has 0 aliphatic carbocycles. The highest BCUT2D eigenvalue weighted by atomic mass is 16.5. The van der Waals surface area contributed by atoms with Crippen LogP contribution in [0.3, 0.4) is 0 Å². The zero-order valence-corrected chi connectivity index (χ0v) is 22.2. The van der Waals surface area contributed by atoms with Crippen molar-refractivity contribution < 1.29 is 24.2 Å². The average Bonchev–Trinajstić information content (AvgIpc) is 2.86. The van der Waals surface area contributed by atoms with Gasteiger partial charge in [0.05, 0.1) is 31.2 Å². The minimum Gasteiger partial charge on any atom is -0.487 e. The van der Waals surface area contributed by atoms with Gasteiger partial charge in [-0.05, 0) is 44.5 Å². The molecule has 0 unspecified atom stereocenters. The Kier molecular flexibility index (Phi) is 9.52. The zero-order valence-electron chi connectivity index (χ0n) is 22.2. The molecule has 3 N–H and O–H groups in total. The Morgan fingerprint density at radius 1 is 1.16 bits per heavy atom. The number of ether oxygens (including phenoxy) is 1. The maximum atomic E-state index is 13.6. The number of anilines is 1. The topological polar surface area (TPSA) is 111 Å². The van der Waals surface area contributed by atoms with Gasteiger partial charge in [0.15, 0.2) is 0 Å². The molecule has 1 heterocycles. The summed E-state index contributed by atoms with van der Waals surface area (Å²) in [4.78, 5) is 41.9. The van der Waals surface area contributed by atoms with Crippen LogP contribution in [0.25, 0.3) is 0 Å². The van der Waals surface area contributed by atoms with E-state index in [9.17, 15) is 19.5 Å². The maximum absolute atomic E-state index is 13.6. The summed E-state index contributed by atoms with van der Waals surface area (Å²) in [6.07, 6.45) is -0.192. The highest BCUT2D eigenvalue weighted by Gasteiger charge is 2.34. The van der Waals surface area contributed by atoms with Crippen LogP contribution in [-0.4, -0.2) is 77.7 Å². The fraction of sp³-hybridized carbons (Fsp3) is 0.464. The molecule has 9 nitrogen and oxygen atoms in total. The number of aliphatic hydroxyl groups excluding tert-OH is 1. The number of benzene rings is 2. The van der Waals surface area contributed by atoms with Crippen molar-refractivity contribution in [1.82, 2.24) is 15.1 Å². The molecule has 0 bridgehead atoms. The average molecular weight is 511 g/mol. The van der Waals surface area contributed by atoms with E-state index >= 15 is 0 Å². The summed E-state index contributed by atoms with van der Waals surface area (Å²) in [7, 11) is 1.71. The highest BCUT2D eigenvalue weighted by Crippen LogP contribution is 2.30. The molecule has 0 saturated carbocycles. The van der Waals surface area contributed by atoms with Crippen molar-refractivity contribution in [2.75, 3.05) is 32.1 Å². The van der Waals surface area contributed by atoms with E-state index in [0.717, 1.165) is 5.56 Å². The molecule has 2 aromatic rings. The third kappa shape index (κ3) is 7.45. The fourth-order valence-electron chi connectivity index (χ4n) is 4.21. The van der Waals surface area contributed by atoms with Crippen molar-refractivity contribution in [2.24, 2.45) is 5.92 Å². The van der Waals surface area contributed by atoms with Gasteiger partial charge < -0.3 is 30.3 Å². The lowest BCUT2D eigenvalue weighted by molar-refractivity contribution is -0.115. The summed E-state index contributed by atoms with van der Waals surface area (Å²) in [6, 6.07) is 13.8. The predicted molar refractivity (Wildman–Crippen MR) is 143 cm³/mol. The summed E-state index contributed by atoms with van der Waals surface area (Å²) >= 11 is 0. The van der Waals surface area contributed by atoms with E-state index in [4.69, 9.17) is 4.74 Å². The van der Waals surface area contributed by atoms with Gasteiger partial charge in [0.25, 0.3) is 5.91 Å². The number of hydrogen-bond donors (Lipinski definition) is 3. The molecule has 4 amide bonds. The molecule has 1 aliphatic rings. The summed E-state index contributed by atoms with van der Waals surface area (Å²) in [5.41, 5.74) is 1.66. The van der Waals surface area contributed by atoms with E-state index in [1.54, 1.807) is 42.0 Å². The molecule has 200 valence electrons. The molecule has 3 rings (SSSR count). The quantitative estimate of drug-likeness (QED) is 0.505. The molecule has 9 heteroatoms. The van der Waals surface area contributed by atoms with Crippen molar-refractivity contribution in [3.63, 3.8) is 0 Å². The predicted octanol–water partition coefficient (Wildman–Crippen LogP) is 3.14. The maximum Gasteiger partial charge on any atom is 0.317 e. The first-order valence-electron chi connectivity index (χ1n) is 12.7. The molecule has 0 fully saturated rings. The molecule has 3 atom stereocenters. The number of aliphatic hydroxyl groups is 1. The van der Waals surface area contributed by atoms with Gasteiger partial charge in [0.2, 0.25) is 5.91 Å². The Labute approximate surface area is 218 Å². The molecule has 0 aromatic heterocycles. The number of carbonyl (C=O) groups is 3. The Balaban J connectivity index is 1.87. The van der Waals surface area contributed by atoms with Gasteiger partial charge in [0, 0.05) is 31.2 Å². The van der Waals surface area contributed by atoms with Gasteiger partial charge in [0.1, 0.15) is 11.9 Å². The number of likely N-dealkylation sites (N-methyl/N-ethyl adjacent to an activating group) is 1. The van der Waals surface area contributed by atoms with Crippen LogP contribution in [-0.2, 0) is 11.2 Å². The van der Waals surface area contributed by atoms with Crippen LogP contribution in [0.15, 0.2) is 48.5 Å². The van der Waals surface area contributed by atoms with E-state index in [1.165, 1.54) is 0 Å². The first-order valence-corrected chi connectivity index (χ1v) is 12.7. The molecule has 1 aliphatic heterocycles. The van der Waals surface area contributed by atoms with Crippen LogP contribution in [0, 0.1) is 5.92 Å². The minimum atomic E-state index is -0.417. The van der Waals surface area contributed by atoms with Crippen LogP contribution < -0.4 is 15.4 Å². The van der Waals surface area contributed by atoms with Crippen molar-refractivity contribution in [1.29, 1.82) is 0 Å². The van der Waals surface area contributed by atoms with Gasteiger partial charge in [-0.15, -0.1) is 0 Å². The molecular formula is C28H38N4O5. The van der Waals surface area contributed by atoms with Gasteiger partial charge >= 0.3 is 6.03 Å². The number of hydrogen-bond acceptors (Lipinski definition) is 5. The van der Waals surface area contributed by atoms with Gasteiger partial charge in [-0.25, -0.2) is 4.79 Å². The summed E-state index contributed by atoms with van der Waals surface area (Å²) in [5.74, 6) is -0.233. The second-order valence-electron chi connectivity index (χ2n) is 10.0. The third-order valence-corrected chi connectivity index (χ3v) is 6.37. The van der Waals surface area contributed by atoms with Gasteiger partial charge in [-0.1, -0.05) is 37.3 Å². The van der Waals surface area contributed by atoms with Crippen LogP contribution in [0.2, 0.25) is 0 Å². The smallest absolute Gasteiger partial charge is 0.317 e. The molecule has 0 spiro atoms. The number of amides is 4. The SMILES string of the molecule is CC(C)NC(=O)N(C)C[C@H]1Oc2ccc(NC(=O)Cc3ccccc3)cc2C(=O)N([C@@H](C)CO)C[C@@H]1C. The standard InChI is InChI=1S/C28H38N4O5/c1-18(2)29-28(36)31(5)16-25-19(3)15-32(20(4)17-33)27(35)23-14-22(11-12-24(23)37-25)30-26(34)13-21-9-7-6-8-10-21/h6-12,14,18-20,25,33H,13,15-17H2,1-5H3,(H,29,36)(H,30,34)/t19-,20-,25+/m0/s1. The lowest BCUT2D eigenvalue weighted by Crippen LogP contribution is -2.51. The van der Waals surface area contributed by atoms with E-state index in [-0.39, 0.29) is 42.8 Å². The Hall–Kier alpha value is -3.59. The van der Waals surface area contributed by atoms with Gasteiger partial charge in [-0.3, -0.25) is 9.59 Å². The summed E-state index contributed by atoms with van der Waals surface area (Å²) in [6.45, 7) is 8.00. The number of nitrogens with zero attached hydrogens (tertiary/aromatic N) is 2. The first kappa shape index (κ1) is 28.0. The number of carbonyl (C=O) groups excluding carboxylic acids is 3. The Bertz CT molecular complexity index is 1090. The Morgan fingerprint density at radius 2 is 1.86 bits per heavy atom. The summed E-state index contributed by atoms with van der Waals surface area (Å²) < 4.78 is 6.32. The summed E-state index contributed by atoms with van der Waals surface area (Å²) in [5, 5.41) is 15.6. The third-order valence-electron chi connectivity index (χ3n) is 6.37. The molecule has 0 saturated heterocycles. The molecular weight excluding hydrogens is 472 g/mol. The number of rotatable bonds is 8. The van der Waals surface area contributed by atoms with Crippen molar-refractivity contribution in [2.45, 2.75) is 52.3 Å². The lowest BCUT2D eigenvalue weighted by atomic mass is 9.99. The lowest BCUT2D eigenvalue weighted by Gasteiger charge is -2.38. The van der Waals surface area contributed by atoms with Crippen LogP contribution in [0.5, 0.6) is 5.75 Å². The second kappa shape index (κ2) is 12.6. The van der Waals surface area contributed by atoms with E-state index in [1.807, 2.05) is 51.1 Å². The van der Waals surface area contributed by atoms with E-state index in [2.05, 4.69) is 10.6 Å². The minimum absolute atomic E-state index is 0.000362. The number of urea groups is 1. The van der Waals surface area contributed by atoms with Crippen molar-refractivity contribution in [3.05, 3.63) is 59.7 Å². The molecule has 37 heavy (non-hydrogen) atoms. The molecule has 2 aromatic carbocycles. The van der Waals surface area contributed by atoms with Crippen molar-refractivity contribution in [3.8, 4) is 5.75 Å². The number of fused-ring (bicyclic) bond motifs is 1. The van der Waals surface area contributed by atoms with E-state index in [0.29, 0.717) is 30.1 Å². The normalized spacial score (nSPS) is 18.2. The van der Waals surface area contributed by atoms with E-state index < -0.39 is 12.1 Å². The largest absolute Gasteiger partial charge is 0.487 e. The second-order valence-corrected chi connectivity index (χ2v) is 10.0. The number of nitrogens with one attached hydrogen (secondary N) is 2. The van der Waals surface area contributed by atoms with Crippen LogP contribution in [0.4, 0.5) is 10.5 Å². The monoisotopic (exact) mass is 510 g/mol. The van der Waals surface area contributed by atoms with Crippen molar-refractivity contribution >= 4 is 23.5 Å². The highest BCUT2D eigenvalue weighted by molar-refractivity contribution is 6.00. The van der Waals surface area contributed by atoms with Crippen LogP contribution in [0.1, 0.15) is 43.6 Å². The molecule has 0 radical (unpaired) electrons. The first-order chi connectivity index (χ1) is 17.6. The zero-order chi connectivity index (χ0) is 27.1. The van der Waals surface area contributed by atoms with Gasteiger partial charge in [-0.2, -0.15) is 0 Å². The Morgan fingerprint density at radius 3 is 2.51 bits per heavy atom. The fourth-order valence-corrected chi connectivity index (χ4v) is 4.21.